The molecule has 6 heteroatoms. The summed E-state index contributed by atoms with van der Waals surface area (Å²) < 4.78 is 18.1. The van der Waals surface area contributed by atoms with Crippen LogP contribution in [0, 0.1) is 5.82 Å². The van der Waals surface area contributed by atoms with E-state index < -0.39 is 5.82 Å². The number of benzene rings is 2. The summed E-state index contributed by atoms with van der Waals surface area (Å²) in [6.07, 6.45) is 4.77. The molecule has 0 unspecified atom stereocenters. The Labute approximate surface area is 172 Å². The summed E-state index contributed by atoms with van der Waals surface area (Å²) in [6.45, 7) is 0. The number of hydrogen-bond donors (Lipinski definition) is 0. The van der Waals surface area contributed by atoms with Crippen LogP contribution in [0.4, 0.5) is 4.39 Å². The number of rotatable bonds is 2. The minimum atomic E-state index is -0.431. The first kappa shape index (κ1) is 18.7. The zero-order valence-corrected chi connectivity index (χ0v) is 16.8. The van der Waals surface area contributed by atoms with Gasteiger partial charge in [-0.05, 0) is 37.1 Å². The monoisotopic (exact) mass is 403 g/mol. The van der Waals surface area contributed by atoms with Crippen LogP contribution in [0.2, 0.25) is 0 Å². The van der Waals surface area contributed by atoms with Crippen molar-refractivity contribution < 1.29 is 4.39 Å². The number of pyridine rings is 1. The van der Waals surface area contributed by atoms with E-state index in [2.05, 4.69) is 0 Å². The Morgan fingerprint density at radius 2 is 1.67 bits per heavy atom. The van der Waals surface area contributed by atoms with Crippen LogP contribution in [0.25, 0.3) is 33.3 Å². The van der Waals surface area contributed by atoms with Gasteiger partial charge in [0.05, 0.1) is 11.1 Å². The number of fused-ring (bicyclic) bond motifs is 2. The minimum absolute atomic E-state index is 0.0712. The quantitative estimate of drug-likeness (QED) is 0.461. The molecule has 0 aliphatic heterocycles. The third kappa shape index (κ3) is 2.78. The van der Waals surface area contributed by atoms with E-state index in [1.807, 2.05) is 12.1 Å². The van der Waals surface area contributed by atoms with E-state index in [0.717, 1.165) is 32.1 Å². The van der Waals surface area contributed by atoms with Crippen molar-refractivity contribution >= 4 is 21.9 Å². The number of hydrogen-bond acceptors (Lipinski definition) is 3. The molecule has 5 rings (SSSR count). The fourth-order valence-electron chi connectivity index (χ4n) is 4.68. The van der Waals surface area contributed by atoms with Crippen LogP contribution in [-0.4, -0.2) is 14.1 Å². The molecule has 5 nitrogen and oxygen atoms in total. The van der Waals surface area contributed by atoms with Gasteiger partial charge in [-0.2, -0.15) is 0 Å². The maximum Gasteiger partial charge on any atom is 0.267 e. The molecule has 1 saturated carbocycles. The van der Waals surface area contributed by atoms with Crippen molar-refractivity contribution in [1.82, 2.24) is 14.1 Å². The highest BCUT2D eigenvalue weighted by Gasteiger charge is 2.26. The lowest BCUT2D eigenvalue weighted by molar-refractivity contribution is 0.347. The number of aromatic nitrogens is 3. The average Bonchev–Trinajstić information content (AvgIpc) is 2.78. The molecule has 30 heavy (non-hydrogen) atoms. The van der Waals surface area contributed by atoms with Crippen molar-refractivity contribution in [3.8, 4) is 11.4 Å². The molecule has 0 saturated heterocycles. The Hall–Kier alpha value is -3.28. The smallest absolute Gasteiger partial charge is 0.267 e. The zero-order chi connectivity index (χ0) is 20.8. The van der Waals surface area contributed by atoms with Gasteiger partial charge in [0.25, 0.3) is 5.56 Å². The van der Waals surface area contributed by atoms with Crippen molar-refractivity contribution in [2.45, 2.75) is 38.1 Å². The predicted octanol–water partition coefficient (Wildman–Crippen LogP) is 4.56. The van der Waals surface area contributed by atoms with E-state index in [-0.39, 0.29) is 33.6 Å². The first-order valence-electron chi connectivity index (χ1n) is 10.4. The van der Waals surface area contributed by atoms with Gasteiger partial charge in [0.1, 0.15) is 17.0 Å². The molecule has 2 aromatic carbocycles. The summed E-state index contributed by atoms with van der Waals surface area (Å²) in [7, 11) is 1.78. The van der Waals surface area contributed by atoms with Gasteiger partial charge in [0, 0.05) is 18.5 Å². The van der Waals surface area contributed by atoms with E-state index in [1.165, 1.54) is 6.07 Å². The molecule has 4 aromatic rings. The van der Waals surface area contributed by atoms with Gasteiger partial charge >= 0.3 is 0 Å². The Morgan fingerprint density at radius 3 is 2.43 bits per heavy atom. The highest BCUT2D eigenvalue weighted by molar-refractivity contribution is 5.91. The second kappa shape index (κ2) is 7.20. The van der Waals surface area contributed by atoms with Gasteiger partial charge in [0.15, 0.2) is 5.65 Å². The molecule has 152 valence electrons. The normalized spacial score (nSPS) is 15.1. The summed E-state index contributed by atoms with van der Waals surface area (Å²) in [5.74, 6) is -0.137. The largest absolute Gasteiger partial charge is 0.328 e. The Kier molecular flexibility index (Phi) is 4.50. The van der Waals surface area contributed by atoms with Crippen molar-refractivity contribution in [1.29, 1.82) is 0 Å². The Morgan fingerprint density at radius 1 is 0.967 bits per heavy atom. The molecule has 0 amide bonds. The lowest BCUT2D eigenvalue weighted by Gasteiger charge is -2.27. The molecular formula is C24H22FN3O2. The van der Waals surface area contributed by atoms with E-state index in [9.17, 15) is 14.0 Å². The summed E-state index contributed by atoms with van der Waals surface area (Å²) in [5, 5.41) is 0.557. The first-order chi connectivity index (χ1) is 14.6. The molecule has 0 radical (unpaired) electrons. The molecule has 0 atom stereocenters. The van der Waals surface area contributed by atoms with Gasteiger partial charge in [-0.25, -0.2) is 9.37 Å². The number of aryl methyl sites for hydroxylation is 1. The molecule has 0 bridgehead atoms. The fraction of sp³-hybridized carbons (Fsp3) is 0.292. The van der Waals surface area contributed by atoms with Crippen LogP contribution >= 0.6 is 0 Å². The maximum absolute atomic E-state index is 14.8. The standard InChI is InChI=1S/C24H22FN3O2/c1-27-19-14-8-6-12-17(19)21(29)20-23(27)26-22(16-11-5-7-13-18(16)25)28(24(20)30)15-9-3-2-4-10-15/h5-8,11-15H,2-4,9-10H2,1H3. The summed E-state index contributed by atoms with van der Waals surface area (Å²) in [4.78, 5) is 31.7. The van der Waals surface area contributed by atoms with Crippen molar-refractivity contribution in [3.63, 3.8) is 0 Å². The molecule has 2 heterocycles. The SMILES string of the molecule is Cn1c2ccccc2c(=O)c2c(=O)n(C3CCCCC3)c(-c3ccccc3F)nc21. The van der Waals surface area contributed by atoms with Crippen molar-refractivity contribution in [2.75, 3.05) is 0 Å². The van der Waals surface area contributed by atoms with E-state index in [1.54, 1.807) is 46.5 Å². The van der Waals surface area contributed by atoms with Crippen LogP contribution in [0.3, 0.4) is 0 Å². The number of para-hydroxylation sites is 1. The van der Waals surface area contributed by atoms with Gasteiger partial charge in [-0.15, -0.1) is 0 Å². The molecule has 0 N–H and O–H groups in total. The molecule has 2 aromatic heterocycles. The zero-order valence-electron chi connectivity index (χ0n) is 16.8. The highest BCUT2D eigenvalue weighted by atomic mass is 19.1. The predicted molar refractivity (Wildman–Crippen MR) is 116 cm³/mol. The third-order valence-electron chi connectivity index (χ3n) is 6.21. The molecule has 1 aliphatic carbocycles. The second-order valence-electron chi connectivity index (χ2n) is 7.99. The fourth-order valence-corrected chi connectivity index (χ4v) is 4.68. The van der Waals surface area contributed by atoms with Crippen LogP contribution in [0.1, 0.15) is 38.1 Å². The van der Waals surface area contributed by atoms with Crippen LogP contribution in [0.5, 0.6) is 0 Å². The lowest BCUT2D eigenvalue weighted by Crippen LogP contribution is -2.33. The van der Waals surface area contributed by atoms with E-state index >= 15 is 0 Å². The van der Waals surface area contributed by atoms with Crippen LogP contribution in [0.15, 0.2) is 58.1 Å². The van der Waals surface area contributed by atoms with Gasteiger partial charge in [0.2, 0.25) is 5.43 Å². The second-order valence-corrected chi connectivity index (χ2v) is 7.99. The lowest BCUT2D eigenvalue weighted by atomic mass is 9.94. The molecule has 1 aliphatic rings. The van der Waals surface area contributed by atoms with Gasteiger partial charge in [-0.3, -0.25) is 14.2 Å². The minimum Gasteiger partial charge on any atom is -0.328 e. The Bertz CT molecular complexity index is 1400. The molecule has 1 fully saturated rings. The number of halogens is 1. The van der Waals surface area contributed by atoms with E-state index in [0.29, 0.717) is 16.7 Å². The number of nitrogens with zero attached hydrogens (tertiary/aromatic N) is 3. The van der Waals surface area contributed by atoms with Crippen molar-refractivity contribution in [2.24, 2.45) is 7.05 Å². The van der Waals surface area contributed by atoms with Crippen LogP contribution < -0.4 is 11.0 Å². The van der Waals surface area contributed by atoms with Gasteiger partial charge in [-0.1, -0.05) is 43.5 Å². The molecule has 0 spiro atoms. The third-order valence-corrected chi connectivity index (χ3v) is 6.21. The highest BCUT2D eigenvalue weighted by Crippen LogP contribution is 2.32. The van der Waals surface area contributed by atoms with Gasteiger partial charge < -0.3 is 4.57 Å². The first-order valence-corrected chi connectivity index (χ1v) is 10.4. The van der Waals surface area contributed by atoms with E-state index in [4.69, 9.17) is 4.98 Å². The summed E-state index contributed by atoms with van der Waals surface area (Å²) >= 11 is 0. The summed E-state index contributed by atoms with van der Waals surface area (Å²) in [6, 6.07) is 13.5. The molecular weight excluding hydrogens is 381 g/mol. The average molecular weight is 403 g/mol. The topological polar surface area (TPSA) is 56.9 Å². The Balaban J connectivity index is 1.96. The maximum atomic E-state index is 14.8. The summed E-state index contributed by atoms with van der Waals surface area (Å²) in [5.41, 5.74) is 0.561. The van der Waals surface area contributed by atoms with Crippen molar-refractivity contribution in [3.05, 3.63) is 74.9 Å². The van der Waals surface area contributed by atoms with Crippen LogP contribution in [-0.2, 0) is 7.05 Å².